The molecule has 0 spiro atoms. The van der Waals surface area contributed by atoms with Gasteiger partial charge < -0.3 is 0 Å². The van der Waals surface area contributed by atoms with Crippen LogP contribution >= 0.6 is 0 Å². The quantitative estimate of drug-likeness (QED) is 0.443. The van der Waals surface area contributed by atoms with Crippen molar-refractivity contribution in [3.05, 3.63) is 112 Å². The Morgan fingerprint density at radius 2 is 1.25 bits per heavy atom. The topological polar surface area (TPSA) is 0 Å². The Kier molecular flexibility index (Phi) is 4.43. The van der Waals surface area contributed by atoms with Crippen LogP contribution in [0.4, 0.5) is 0 Å². The predicted octanol–water partition coefficient (Wildman–Crippen LogP) is 7.45. The number of allylic oxidation sites excluding steroid dienone is 2. The van der Waals surface area contributed by atoms with E-state index in [1.807, 2.05) is 0 Å². The van der Waals surface area contributed by atoms with Crippen molar-refractivity contribution in [3.8, 4) is 0 Å². The largest absolute Gasteiger partial charge is 0.0673 e. The van der Waals surface area contributed by atoms with Gasteiger partial charge in [-0.05, 0) is 66.0 Å². The monoisotopic (exact) mass is 364 g/mol. The minimum atomic E-state index is -0.141. The molecule has 3 aromatic carbocycles. The Hall–Kier alpha value is -2.60. The lowest BCUT2D eigenvalue weighted by molar-refractivity contribution is 0.598. The van der Waals surface area contributed by atoms with Crippen LogP contribution in [0.15, 0.2) is 84.4 Å². The van der Waals surface area contributed by atoms with E-state index in [0.717, 1.165) is 0 Å². The molecule has 0 aliphatic heterocycles. The van der Waals surface area contributed by atoms with Gasteiger partial charge in [0.05, 0.1) is 5.41 Å². The molecule has 2 aliphatic rings. The summed E-state index contributed by atoms with van der Waals surface area (Å²) in [5.74, 6) is 0. The maximum Gasteiger partial charge on any atom is 0.0673 e. The van der Waals surface area contributed by atoms with Gasteiger partial charge in [-0.25, -0.2) is 0 Å². The van der Waals surface area contributed by atoms with Gasteiger partial charge in [0.2, 0.25) is 0 Å². The fourth-order valence-corrected chi connectivity index (χ4v) is 5.52. The Labute approximate surface area is 168 Å². The molecule has 1 atom stereocenters. The highest BCUT2D eigenvalue weighted by molar-refractivity contribution is 5.85. The van der Waals surface area contributed by atoms with Crippen LogP contribution in [0.2, 0.25) is 0 Å². The molecule has 0 nitrogen and oxygen atoms in total. The van der Waals surface area contributed by atoms with E-state index in [-0.39, 0.29) is 5.41 Å². The summed E-state index contributed by atoms with van der Waals surface area (Å²) in [6.07, 6.45) is 7.74. The number of hydrogen-bond acceptors (Lipinski definition) is 0. The fourth-order valence-electron chi connectivity index (χ4n) is 5.52. The third-order valence-electron chi connectivity index (χ3n) is 6.77. The number of aryl methyl sites for hydroxylation is 1. The van der Waals surface area contributed by atoms with Gasteiger partial charge in [0.25, 0.3) is 0 Å². The summed E-state index contributed by atoms with van der Waals surface area (Å²) in [6.45, 7) is 2.18. The van der Waals surface area contributed by atoms with Gasteiger partial charge in [0.1, 0.15) is 0 Å². The molecule has 0 heteroatoms. The summed E-state index contributed by atoms with van der Waals surface area (Å²) < 4.78 is 0. The van der Waals surface area contributed by atoms with Gasteiger partial charge in [-0.1, -0.05) is 97.3 Å². The van der Waals surface area contributed by atoms with Crippen molar-refractivity contribution >= 4 is 5.57 Å². The Balaban J connectivity index is 1.88. The van der Waals surface area contributed by atoms with Gasteiger partial charge in [-0.3, -0.25) is 0 Å². The average molecular weight is 365 g/mol. The molecule has 0 radical (unpaired) electrons. The number of hydrogen-bond donors (Lipinski definition) is 0. The SMILES string of the molecule is Cc1ccc(C2(c3ccccc3)C3=C(CCCCCC3)c3ccccc32)cc1. The number of rotatable bonds is 2. The van der Waals surface area contributed by atoms with E-state index in [0.29, 0.717) is 0 Å². The summed E-state index contributed by atoms with van der Waals surface area (Å²) >= 11 is 0. The average Bonchev–Trinajstić information content (AvgIpc) is 2.98. The van der Waals surface area contributed by atoms with E-state index in [4.69, 9.17) is 0 Å². The van der Waals surface area contributed by atoms with Crippen molar-refractivity contribution in [2.75, 3.05) is 0 Å². The number of benzene rings is 3. The Morgan fingerprint density at radius 1 is 0.607 bits per heavy atom. The molecule has 5 rings (SSSR count). The summed E-state index contributed by atoms with van der Waals surface area (Å²) in [5.41, 5.74) is 10.3. The summed E-state index contributed by atoms with van der Waals surface area (Å²) in [6, 6.07) is 29.7. The molecule has 0 aromatic heterocycles. The number of fused-ring (bicyclic) bond motifs is 2. The zero-order valence-corrected chi connectivity index (χ0v) is 16.7. The first-order valence-electron chi connectivity index (χ1n) is 10.8. The van der Waals surface area contributed by atoms with E-state index in [1.54, 1.807) is 11.1 Å². The summed E-state index contributed by atoms with van der Waals surface area (Å²) in [5, 5.41) is 0. The molecule has 140 valence electrons. The summed E-state index contributed by atoms with van der Waals surface area (Å²) in [4.78, 5) is 0. The first kappa shape index (κ1) is 17.5. The van der Waals surface area contributed by atoms with E-state index < -0.39 is 0 Å². The van der Waals surface area contributed by atoms with Crippen LogP contribution in [0.5, 0.6) is 0 Å². The molecule has 0 fully saturated rings. The molecule has 0 bridgehead atoms. The molecule has 0 amide bonds. The standard InChI is InChI=1S/C28H28/c1-21-17-19-23(20-18-21)28(22-11-5-4-6-12-22)26-15-8-3-2-7-13-24(26)25-14-9-10-16-27(25)28/h4-6,9-12,14,16-20H,2-3,7-8,13,15H2,1H3. The molecule has 0 saturated heterocycles. The molecular weight excluding hydrogens is 336 g/mol. The second-order valence-electron chi connectivity index (χ2n) is 8.40. The molecule has 0 saturated carbocycles. The van der Waals surface area contributed by atoms with Gasteiger partial charge in [0, 0.05) is 0 Å². The molecule has 1 unspecified atom stereocenters. The lowest BCUT2D eigenvalue weighted by Gasteiger charge is -2.36. The molecular formula is C28H28. The first-order valence-corrected chi connectivity index (χ1v) is 10.8. The fraction of sp³-hybridized carbons (Fsp3) is 0.286. The zero-order valence-electron chi connectivity index (χ0n) is 16.7. The molecule has 2 aliphatic carbocycles. The van der Waals surface area contributed by atoms with Gasteiger partial charge >= 0.3 is 0 Å². The normalized spacial score (nSPS) is 21.6. The zero-order chi connectivity index (χ0) is 19.0. The van der Waals surface area contributed by atoms with Crippen LogP contribution in [-0.4, -0.2) is 0 Å². The third kappa shape index (κ3) is 2.58. The van der Waals surface area contributed by atoms with Crippen molar-refractivity contribution in [2.45, 2.75) is 50.9 Å². The van der Waals surface area contributed by atoms with E-state index in [1.165, 1.54) is 66.3 Å². The second-order valence-corrected chi connectivity index (χ2v) is 8.40. The Morgan fingerprint density at radius 3 is 2.04 bits per heavy atom. The highest BCUT2D eigenvalue weighted by Gasteiger charge is 2.46. The van der Waals surface area contributed by atoms with Crippen LogP contribution in [0.25, 0.3) is 5.57 Å². The van der Waals surface area contributed by atoms with Crippen molar-refractivity contribution in [3.63, 3.8) is 0 Å². The van der Waals surface area contributed by atoms with Crippen LogP contribution in [0, 0.1) is 6.92 Å². The van der Waals surface area contributed by atoms with E-state index >= 15 is 0 Å². The highest BCUT2D eigenvalue weighted by Crippen LogP contribution is 2.57. The van der Waals surface area contributed by atoms with E-state index in [2.05, 4.69) is 85.8 Å². The molecule has 28 heavy (non-hydrogen) atoms. The maximum atomic E-state index is 2.38. The second kappa shape index (κ2) is 7.09. The minimum absolute atomic E-state index is 0.141. The van der Waals surface area contributed by atoms with Crippen LogP contribution < -0.4 is 0 Å². The van der Waals surface area contributed by atoms with E-state index in [9.17, 15) is 0 Å². The third-order valence-corrected chi connectivity index (χ3v) is 6.77. The molecule has 0 N–H and O–H groups in total. The predicted molar refractivity (Wildman–Crippen MR) is 119 cm³/mol. The van der Waals surface area contributed by atoms with Crippen LogP contribution in [-0.2, 0) is 5.41 Å². The van der Waals surface area contributed by atoms with Crippen molar-refractivity contribution in [1.29, 1.82) is 0 Å². The van der Waals surface area contributed by atoms with Gasteiger partial charge in [0.15, 0.2) is 0 Å². The van der Waals surface area contributed by atoms with Crippen LogP contribution in [0.3, 0.4) is 0 Å². The van der Waals surface area contributed by atoms with Crippen molar-refractivity contribution < 1.29 is 0 Å². The molecule has 0 heterocycles. The maximum absolute atomic E-state index is 2.38. The van der Waals surface area contributed by atoms with Gasteiger partial charge in [-0.2, -0.15) is 0 Å². The first-order chi connectivity index (χ1) is 13.8. The van der Waals surface area contributed by atoms with Crippen molar-refractivity contribution in [2.24, 2.45) is 0 Å². The lowest BCUT2D eigenvalue weighted by Crippen LogP contribution is -2.30. The minimum Gasteiger partial charge on any atom is -0.0622 e. The van der Waals surface area contributed by atoms with Gasteiger partial charge in [-0.15, -0.1) is 0 Å². The smallest absolute Gasteiger partial charge is 0.0622 e. The van der Waals surface area contributed by atoms with Crippen LogP contribution in [0.1, 0.15) is 66.3 Å². The van der Waals surface area contributed by atoms with Crippen molar-refractivity contribution in [1.82, 2.24) is 0 Å². The highest BCUT2D eigenvalue weighted by atomic mass is 14.5. The lowest BCUT2D eigenvalue weighted by atomic mass is 9.65. The summed E-state index contributed by atoms with van der Waals surface area (Å²) in [7, 11) is 0. The Bertz CT molecular complexity index is 1010. The molecule has 3 aromatic rings.